The molecule has 11 heteroatoms. The number of likely N-dealkylation sites (N-methyl/N-ethyl adjacent to an activating group) is 1. The van der Waals surface area contributed by atoms with Crippen molar-refractivity contribution >= 4 is 23.3 Å². The number of pyridine rings is 1. The fourth-order valence-corrected chi connectivity index (χ4v) is 4.34. The highest BCUT2D eigenvalue weighted by Gasteiger charge is 2.30. The highest BCUT2D eigenvalue weighted by atomic mass is 35.5. The van der Waals surface area contributed by atoms with Gasteiger partial charge >= 0.3 is 6.18 Å². The molecule has 2 aromatic heterocycles. The molecule has 0 atom stereocenters. The van der Waals surface area contributed by atoms with Crippen LogP contribution in [0.4, 0.5) is 19.0 Å². The van der Waals surface area contributed by atoms with E-state index >= 15 is 0 Å². The average molecular weight is 519 g/mol. The molecule has 1 N–H and O–H groups in total. The summed E-state index contributed by atoms with van der Waals surface area (Å²) in [4.78, 5) is 29.4. The Morgan fingerprint density at radius 1 is 1.11 bits per heavy atom. The highest BCUT2D eigenvalue weighted by molar-refractivity contribution is 6.33. The molecule has 4 rings (SSSR count). The van der Waals surface area contributed by atoms with Gasteiger partial charge in [-0.15, -0.1) is 0 Å². The number of benzene rings is 1. The van der Waals surface area contributed by atoms with Gasteiger partial charge in [0.1, 0.15) is 11.5 Å². The summed E-state index contributed by atoms with van der Waals surface area (Å²) >= 11 is 6.41. The lowest BCUT2D eigenvalue weighted by atomic mass is 10.0. The number of alkyl halides is 3. The van der Waals surface area contributed by atoms with E-state index in [0.29, 0.717) is 53.0 Å². The molecular formula is C25H26ClF3N6O. The van der Waals surface area contributed by atoms with Crippen LogP contribution in [0.3, 0.4) is 0 Å². The van der Waals surface area contributed by atoms with Gasteiger partial charge in [0.2, 0.25) is 5.91 Å². The second-order valence-corrected chi connectivity index (χ2v) is 9.33. The van der Waals surface area contributed by atoms with Crippen LogP contribution in [0.2, 0.25) is 5.02 Å². The third kappa shape index (κ3) is 6.11. The minimum absolute atomic E-state index is 0.00579. The first-order valence-corrected chi connectivity index (χ1v) is 11.8. The lowest BCUT2D eigenvalue weighted by Crippen LogP contribution is -2.47. The largest absolute Gasteiger partial charge is 0.416 e. The van der Waals surface area contributed by atoms with Crippen LogP contribution >= 0.6 is 11.6 Å². The Morgan fingerprint density at radius 3 is 2.42 bits per heavy atom. The summed E-state index contributed by atoms with van der Waals surface area (Å²) in [6.07, 6.45) is 1.78. The number of anilines is 1. The van der Waals surface area contributed by atoms with Crippen LogP contribution in [0.25, 0.3) is 22.5 Å². The van der Waals surface area contributed by atoms with E-state index in [1.54, 1.807) is 18.5 Å². The van der Waals surface area contributed by atoms with E-state index in [2.05, 4.69) is 20.2 Å². The number of piperidine rings is 1. The Balaban J connectivity index is 1.60. The lowest BCUT2D eigenvalue weighted by molar-refractivity contribution is -0.137. The molecule has 1 saturated heterocycles. The van der Waals surface area contributed by atoms with Crippen LogP contribution < -0.4 is 10.2 Å². The predicted molar refractivity (Wildman–Crippen MR) is 133 cm³/mol. The number of halogens is 4. The number of carbonyl (C=O) groups is 1. The van der Waals surface area contributed by atoms with Gasteiger partial charge in [-0.1, -0.05) is 23.7 Å². The van der Waals surface area contributed by atoms with Gasteiger partial charge in [-0.05, 0) is 45.1 Å². The summed E-state index contributed by atoms with van der Waals surface area (Å²) in [5.41, 5.74) is 1.22. The topological polar surface area (TPSA) is 74.2 Å². The molecule has 7 nitrogen and oxygen atoms in total. The van der Waals surface area contributed by atoms with Crippen LogP contribution in [-0.4, -0.2) is 65.5 Å². The molecule has 190 valence electrons. The second kappa shape index (κ2) is 10.8. The fraction of sp³-hybridized carbons (Fsp3) is 0.360. The van der Waals surface area contributed by atoms with E-state index in [4.69, 9.17) is 16.6 Å². The van der Waals surface area contributed by atoms with E-state index in [-0.39, 0.29) is 11.9 Å². The summed E-state index contributed by atoms with van der Waals surface area (Å²) in [5.74, 6) is 0.625. The van der Waals surface area contributed by atoms with Crippen LogP contribution in [0, 0.1) is 0 Å². The maximum absolute atomic E-state index is 13.0. The molecule has 0 radical (unpaired) electrons. The summed E-state index contributed by atoms with van der Waals surface area (Å²) in [7, 11) is 3.70. The smallest absolute Gasteiger partial charge is 0.355 e. The molecule has 1 fully saturated rings. The van der Waals surface area contributed by atoms with Crippen molar-refractivity contribution in [1.29, 1.82) is 0 Å². The molecule has 1 aliphatic heterocycles. The zero-order chi connectivity index (χ0) is 25.9. The van der Waals surface area contributed by atoms with Gasteiger partial charge in [0.25, 0.3) is 0 Å². The number of nitrogens with zero attached hydrogens (tertiary/aromatic N) is 5. The Morgan fingerprint density at radius 2 is 1.81 bits per heavy atom. The minimum atomic E-state index is -4.43. The minimum Gasteiger partial charge on any atom is -0.355 e. The SMILES string of the molecule is CN(C)CC(=O)NC1CCN(c2cnc(-c3ccc(C(F)(F)F)cc3)c(-c3ccncc3Cl)n2)CC1. The second-order valence-electron chi connectivity index (χ2n) is 8.92. The zero-order valence-electron chi connectivity index (χ0n) is 19.9. The molecular weight excluding hydrogens is 493 g/mol. The van der Waals surface area contributed by atoms with E-state index in [1.165, 1.54) is 18.3 Å². The predicted octanol–water partition coefficient (Wildman–Crippen LogP) is 4.52. The van der Waals surface area contributed by atoms with Gasteiger partial charge in [0.15, 0.2) is 0 Å². The molecule has 1 amide bonds. The summed E-state index contributed by atoms with van der Waals surface area (Å²) < 4.78 is 39.1. The molecule has 0 spiro atoms. The Labute approximate surface area is 212 Å². The molecule has 1 aromatic carbocycles. The van der Waals surface area contributed by atoms with Crippen molar-refractivity contribution in [1.82, 2.24) is 25.2 Å². The molecule has 36 heavy (non-hydrogen) atoms. The maximum Gasteiger partial charge on any atom is 0.416 e. The molecule has 0 bridgehead atoms. The van der Waals surface area contributed by atoms with Crippen LogP contribution in [-0.2, 0) is 11.0 Å². The van der Waals surface area contributed by atoms with Gasteiger partial charge in [0.05, 0.1) is 29.0 Å². The number of nitrogens with one attached hydrogen (secondary N) is 1. The normalized spacial score (nSPS) is 14.8. The summed E-state index contributed by atoms with van der Waals surface area (Å²) in [6.45, 7) is 1.68. The highest BCUT2D eigenvalue weighted by Crippen LogP contribution is 2.36. The molecule has 3 aromatic rings. The van der Waals surface area contributed by atoms with E-state index in [0.717, 1.165) is 25.0 Å². The van der Waals surface area contributed by atoms with E-state index < -0.39 is 11.7 Å². The quantitative estimate of drug-likeness (QED) is 0.517. The third-order valence-corrected chi connectivity index (χ3v) is 6.22. The number of carbonyl (C=O) groups excluding carboxylic acids is 1. The van der Waals surface area contributed by atoms with Crippen molar-refractivity contribution in [3.8, 4) is 22.5 Å². The van der Waals surface area contributed by atoms with Crippen molar-refractivity contribution in [2.45, 2.75) is 25.1 Å². The number of hydrogen-bond acceptors (Lipinski definition) is 6. The summed E-state index contributed by atoms with van der Waals surface area (Å²) in [6, 6.07) is 6.61. The Hall–Kier alpha value is -3.24. The van der Waals surface area contributed by atoms with Crippen LogP contribution in [0.1, 0.15) is 18.4 Å². The van der Waals surface area contributed by atoms with Crippen molar-refractivity contribution in [3.05, 3.63) is 59.5 Å². The standard InChI is InChI=1S/C25H26ClF3N6O/c1-34(2)15-22(36)32-18-8-11-35(12-9-18)21-14-31-23(16-3-5-17(6-4-16)25(27,28)29)24(33-21)19-7-10-30-13-20(19)26/h3-7,10,13-14,18H,8-9,11-12,15H2,1-2H3,(H,32,36). The van der Waals surface area contributed by atoms with Gasteiger partial charge in [0, 0.05) is 42.7 Å². The fourth-order valence-electron chi connectivity index (χ4n) is 4.13. The number of amides is 1. The molecule has 0 unspecified atom stereocenters. The molecule has 0 saturated carbocycles. The number of rotatable bonds is 6. The first-order valence-electron chi connectivity index (χ1n) is 11.5. The monoisotopic (exact) mass is 518 g/mol. The zero-order valence-corrected chi connectivity index (χ0v) is 20.6. The van der Waals surface area contributed by atoms with Gasteiger partial charge in [-0.2, -0.15) is 13.2 Å². The van der Waals surface area contributed by atoms with Gasteiger partial charge in [-0.3, -0.25) is 14.8 Å². The van der Waals surface area contributed by atoms with E-state index in [9.17, 15) is 18.0 Å². The first-order chi connectivity index (χ1) is 17.1. The number of aromatic nitrogens is 3. The summed E-state index contributed by atoms with van der Waals surface area (Å²) in [5, 5.41) is 3.43. The average Bonchev–Trinajstić information content (AvgIpc) is 2.83. The van der Waals surface area contributed by atoms with Crippen LogP contribution in [0.15, 0.2) is 48.9 Å². The number of hydrogen-bond donors (Lipinski definition) is 1. The third-order valence-electron chi connectivity index (χ3n) is 5.92. The molecule has 1 aliphatic rings. The van der Waals surface area contributed by atoms with Crippen molar-refractivity contribution in [3.63, 3.8) is 0 Å². The maximum atomic E-state index is 13.0. The molecule has 0 aliphatic carbocycles. The molecule has 3 heterocycles. The Kier molecular flexibility index (Phi) is 7.75. The first kappa shape index (κ1) is 25.8. The van der Waals surface area contributed by atoms with Crippen LogP contribution in [0.5, 0.6) is 0 Å². The van der Waals surface area contributed by atoms with Crippen molar-refractivity contribution in [2.24, 2.45) is 0 Å². The lowest BCUT2D eigenvalue weighted by Gasteiger charge is -2.33. The van der Waals surface area contributed by atoms with Crippen molar-refractivity contribution in [2.75, 3.05) is 38.6 Å². The van der Waals surface area contributed by atoms with Gasteiger partial charge in [-0.25, -0.2) is 4.98 Å². The van der Waals surface area contributed by atoms with Crippen molar-refractivity contribution < 1.29 is 18.0 Å². The van der Waals surface area contributed by atoms with Gasteiger partial charge < -0.3 is 15.1 Å². The Bertz CT molecular complexity index is 1210. The van der Waals surface area contributed by atoms with E-state index in [1.807, 2.05) is 19.0 Å².